The molecule has 4 heterocycles. The summed E-state index contributed by atoms with van der Waals surface area (Å²) in [5.41, 5.74) is 3.00. The lowest BCUT2D eigenvalue weighted by Gasteiger charge is -2.19. The number of thioether (sulfide) groups is 1. The normalized spacial score (nSPS) is 25.2. The highest BCUT2D eigenvalue weighted by Gasteiger charge is 2.42. The maximum atomic E-state index is 10.8. The van der Waals surface area contributed by atoms with E-state index in [2.05, 4.69) is 39.6 Å². The molecule has 1 aliphatic carbocycles. The van der Waals surface area contributed by atoms with Gasteiger partial charge in [0, 0.05) is 35.5 Å². The number of fused-ring (bicyclic) bond motifs is 3. The standard InChI is InChI=1S/C24H25N5O2S/c30-21-16(10-19(22(21)31)29-7-5-17-12-25-13-27-24(17)29)4-2-14-1-3-15-11-20-23(26-6-8-32-20)28-18(15)9-14/h1,3,5,7,9,11-13,16,19,21-22,30-31H,2,4,6,8,10H2,(H,26,28)/t16-,19+,21+,22-/m0/s1. The van der Waals surface area contributed by atoms with E-state index in [9.17, 15) is 10.2 Å². The summed E-state index contributed by atoms with van der Waals surface area (Å²) in [4.78, 5) is 14.5. The second-order valence-electron chi connectivity index (χ2n) is 8.75. The quantitative estimate of drug-likeness (QED) is 0.441. The Hall–Kier alpha value is -2.68. The number of pyridine rings is 1. The minimum absolute atomic E-state index is 0.0274. The first-order valence-corrected chi connectivity index (χ1v) is 12.1. The van der Waals surface area contributed by atoms with Crippen LogP contribution >= 0.6 is 11.8 Å². The van der Waals surface area contributed by atoms with Gasteiger partial charge >= 0.3 is 0 Å². The summed E-state index contributed by atoms with van der Waals surface area (Å²) in [6.07, 6.45) is 6.05. The molecule has 3 N–H and O–H groups in total. The Morgan fingerprint density at radius 3 is 3.00 bits per heavy atom. The van der Waals surface area contributed by atoms with Crippen LogP contribution in [0.3, 0.4) is 0 Å². The molecule has 7 nitrogen and oxygen atoms in total. The van der Waals surface area contributed by atoms with Crippen LogP contribution in [0.15, 0.2) is 53.9 Å². The number of rotatable bonds is 4. The zero-order valence-corrected chi connectivity index (χ0v) is 18.4. The van der Waals surface area contributed by atoms with Gasteiger partial charge in [0.2, 0.25) is 0 Å². The highest BCUT2D eigenvalue weighted by molar-refractivity contribution is 7.99. The maximum Gasteiger partial charge on any atom is 0.143 e. The molecule has 1 aromatic carbocycles. The molecule has 6 rings (SSSR count). The van der Waals surface area contributed by atoms with E-state index in [0.29, 0.717) is 0 Å². The van der Waals surface area contributed by atoms with Crippen molar-refractivity contribution < 1.29 is 10.2 Å². The van der Waals surface area contributed by atoms with Gasteiger partial charge in [0.25, 0.3) is 0 Å². The van der Waals surface area contributed by atoms with Crippen molar-refractivity contribution in [3.8, 4) is 0 Å². The predicted octanol–water partition coefficient (Wildman–Crippen LogP) is 3.41. The van der Waals surface area contributed by atoms with Crippen LogP contribution < -0.4 is 5.32 Å². The van der Waals surface area contributed by atoms with Crippen molar-refractivity contribution in [3.63, 3.8) is 0 Å². The van der Waals surface area contributed by atoms with Crippen LogP contribution in [0.25, 0.3) is 21.9 Å². The number of anilines is 1. The second kappa shape index (κ2) is 8.03. The summed E-state index contributed by atoms with van der Waals surface area (Å²) in [5.74, 6) is 2.08. The highest BCUT2D eigenvalue weighted by Crippen LogP contribution is 2.39. The van der Waals surface area contributed by atoms with Gasteiger partial charge in [-0.25, -0.2) is 15.0 Å². The van der Waals surface area contributed by atoms with Gasteiger partial charge in [0.15, 0.2) is 0 Å². The summed E-state index contributed by atoms with van der Waals surface area (Å²) < 4.78 is 1.99. The van der Waals surface area contributed by atoms with Crippen LogP contribution in [0.2, 0.25) is 0 Å². The minimum atomic E-state index is -0.807. The molecule has 0 spiro atoms. The number of aliphatic hydroxyl groups is 2. The zero-order chi connectivity index (χ0) is 21.7. The first kappa shape index (κ1) is 20.0. The SMILES string of the molecule is O[C@@H]1[C@@H](CCc2ccc3cc4c(nc3c2)NCCS4)C[C@@H](n2ccc3cncnc32)[C@@H]1O. The maximum absolute atomic E-state index is 10.8. The molecule has 2 aliphatic rings. The molecule has 0 unspecified atom stereocenters. The van der Waals surface area contributed by atoms with E-state index in [4.69, 9.17) is 4.98 Å². The highest BCUT2D eigenvalue weighted by atomic mass is 32.2. The number of aryl methyl sites for hydroxylation is 1. The summed E-state index contributed by atoms with van der Waals surface area (Å²) in [6, 6.07) is 10.4. The molecule has 8 heteroatoms. The van der Waals surface area contributed by atoms with E-state index < -0.39 is 12.2 Å². The molecular weight excluding hydrogens is 422 g/mol. The van der Waals surface area contributed by atoms with E-state index >= 15 is 0 Å². The van der Waals surface area contributed by atoms with Crippen LogP contribution in [-0.2, 0) is 6.42 Å². The van der Waals surface area contributed by atoms with Gasteiger partial charge in [-0.05, 0) is 48.9 Å². The lowest BCUT2D eigenvalue weighted by molar-refractivity contribution is 0.00545. The lowest BCUT2D eigenvalue weighted by Crippen LogP contribution is -2.29. The van der Waals surface area contributed by atoms with Crippen LogP contribution in [0.1, 0.15) is 24.4 Å². The summed E-state index contributed by atoms with van der Waals surface area (Å²) in [7, 11) is 0. The van der Waals surface area contributed by atoms with E-state index in [1.807, 2.05) is 28.6 Å². The molecule has 0 saturated heterocycles. The van der Waals surface area contributed by atoms with Gasteiger partial charge < -0.3 is 20.1 Å². The largest absolute Gasteiger partial charge is 0.390 e. The Morgan fingerprint density at radius 2 is 2.06 bits per heavy atom. The fourth-order valence-corrected chi connectivity index (χ4v) is 5.99. The van der Waals surface area contributed by atoms with Crippen molar-refractivity contribution in [2.24, 2.45) is 5.92 Å². The lowest BCUT2D eigenvalue weighted by atomic mass is 9.95. The van der Waals surface area contributed by atoms with Crippen molar-refractivity contribution >= 4 is 39.5 Å². The smallest absolute Gasteiger partial charge is 0.143 e. The monoisotopic (exact) mass is 447 g/mol. The van der Waals surface area contributed by atoms with Crippen LogP contribution in [0, 0.1) is 5.92 Å². The van der Waals surface area contributed by atoms with Crippen molar-refractivity contribution in [3.05, 3.63) is 54.6 Å². The van der Waals surface area contributed by atoms with Crippen LogP contribution in [0.4, 0.5) is 5.82 Å². The Balaban J connectivity index is 1.19. The Labute approximate surface area is 189 Å². The first-order chi connectivity index (χ1) is 15.7. The van der Waals surface area contributed by atoms with Crippen LogP contribution in [-0.4, -0.2) is 54.2 Å². The molecule has 3 aromatic heterocycles. The Morgan fingerprint density at radius 1 is 1.12 bits per heavy atom. The number of benzene rings is 1. The second-order valence-corrected chi connectivity index (χ2v) is 9.88. The molecule has 0 amide bonds. The molecule has 32 heavy (non-hydrogen) atoms. The third-order valence-electron chi connectivity index (χ3n) is 6.81. The van der Waals surface area contributed by atoms with Gasteiger partial charge in [0.05, 0.1) is 22.6 Å². The Bertz CT molecular complexity index is 1290. The molecule has 4 atom stereocenters. The van der Waals surface area contributed by atoms with Crippen molar-refractivity contribution in [2.75, 3.05) is 17.6 Å². The topological polar surface area (TPSA) is 96.1 Å². The fourth-order valence-electron chi connectivity index (χ4n) is 5.10. The third kappa shape index (κ3) is 3.43. The minimum Gasteiger partial charge on any atom is -0.390 e. The predicted molar refractivity (Wildman–Crippen MR) is 126 cm³/mol. The van der Waals surface area contributed by atoms with E-state index in [1.165, 1.54) is 16.8 Å². The number of hydrogen-bond donors (Lipinski definition) is 3. The zero-order valence-electron chi connectivity index (χ0n) is 17.6. The molecule has 0 bridgehead atoms. The molecular formula is C24H25N5O2S. The molecule has 4 aromatic rings. The van der Waals surface area contributed by atoms with Gasteiger partial charge in [0.1, 0.15) is 23.9 Å². The van der Waals surface area contributed by atoms with E-state index in [1.54, 1.807) is 6.20 Å². The van der Waals surface area contributed by atoms with Crippen LogP contribution in [0.5, 0.6) is 0 Å². The third-order valence-corrected chi connectivity index (χ3v) is 7.84. The molecule has 1 fully saturated rings. The van der Waals surface area contributed by atoms with Gasteiger partial charge in [-0.1, -0.05) is 12.1 Å². The van der Waals surface area contributed by atoms with E-state index in [0.717, 1.165) is 59.3 Å². The molecule has 1 saturated carbocycles. The van der Waals surface area contributed by atoms with Gasteiger partial charge in [-0.15, -0.1) is 11.8 Å². The van der Waals surface area contributed by atoms with Gasteiger partial charge in [-0.3, -0.25) is 0 Å². The fraction of sp³-hybridized carbons (Fsp3) is 0.375. The Kier molecular flexibility index (Phi) is 5.01. The molecule has 164 valence electrons. The van der Waals surface area contributed by atoms with E-state index in [-0.39, 0.29) is 12.0 Å². The number of hydrogen-bond acceptors (Lipinski definition) is 7. The number of aromatic nitrogens is 4. The van der Waals surface area contributed by atoms with Gasteiger partial charge in [-0.2, -0.15) is 0 Å². The summed E-state index contributed by atoms with van der Waals surface area (Å²) in [6.45, 7) is 0.946. The molecule has 1 aliphatic heterocycles. The summed E-state index contributed by atoms with van der Waals surface area (Å²) in [5, 5.41) is 27.0. The average molecular weight is 448 g/mol. The molecule has 0 radical (unpaired) electrons. The van der Waals surface area contributed by atoms with Crippen molar-refractivity contribution in [1.82, 2.24) is 19.5 Å². The number of nitrogens with one attached hydrogen (secondary N) is 1. The number of aliphatic hydroxyl groups excluding tert-OH is 2. The number of nitrogens with zero attached hydrogens (tertiary/aromatic N) is 4. The average Bonchev–Trinajstić information content (AvgIpc) is 3.37. The van der Waals surface area contributed by atoms with Crippen molar-refractivity contribution in [1.29, 1.82) is 0 Å². The first-order valence-electron chi connectivity index (χ1n) is 11.1. The van der Waals surface area contributed by atoms with Crippen molar-refractivity contribution in [2.45, 2.75) is 42.4 Å². The summed E-state index contributed by atoms with van der Waals surface area (Å²) >= 11 is 1.85.